The van der Waals surface area contributed by atoms with Gasteiger partial charge in [0.2, 0.25) is 0 Å². The van der Waals surface area contributed by atoms with Crippen LogP contribution in [0, 0.1) is 13.8 Å². The van der Waals surface area contributed by atoms with Gasteiger partial charge in [-0.3, -0.25) is 9.52 Å². The molecule has 0 aliphatic carbocycles. The summed E-state index contributed by atoms with van der Waals surface area (Å²) >= 11 is 0. The SMILES string of the molecule is Cc1ccc(NS(=O)(=O)c2ccc(C)c(C(=O)NCC(Cc3ccccc3)N(C)C)c2)cc1. The van der Waals surface area contributed by atoms with Gasteiger partial charge in [-0.05, 0) is 69.8 Å². The van der Waals surface area contributed by atoms with E-state index in [-0.39, 0.29) is 16.8 Å². The summed E-state index contributed by atoms with van der Waals surface area (Å²) in [4.78, 5) is 15.1. The molecule has 0 aliphatic rings. The second-order valence-electron chi connectivity index (χ2n) is 8.47. The van der Waals surface area contributed by atoms with E-state index in [1.54, 1.807) is 25.1 Å². The maximum atomic E-state index is 13.0. The Balaban J connectivity index is 1.73. The molecule has 3 aromatic rings. The van der Waals surface area contributed by atoms with Crippen LogP contribution in [0.1, 0.15) is 27.0 Å². The van der Waals surface area contributed by atoms with Crippen molar-refractivity contribution < 1.29 is 13.2 Å². The van der Waals surface area contributed by atoms with Crippen LogP contribution in [-0.2, 0) is 16.4 Å². The molecule has 0 aromatic heterocycles. The minimum atomic E-state index is -3.82. The number of carbonyl (C=O) groups excluding carboxylic acids is 1. The number of rotatable bonds is 9. The van der Waals surface area contributed by atoms with Crippen molar-refractivity contribution in [2.24, 2.45) is 0 Å². The average molecular weight is 466 g/mol. The van der Waals surface area contributed by atoms with Crippen molar-refractivity contribution in [2.45, 2.75) is 31.2 Å². The van der Waals surface area contributed by atoms with E-state index in [4.69, 9.17) is 0 Å². The number of amides is 1. The van der Waals surface area contributed by atoms with Gasteiger partial charge in [0.25, 0.3) is 15.9 Å². The molecule has 3 rings (SSSR count). The second kappa shape index (κ2) is 10.6. The molecule has 1 atom stereocenters. The number of likely N-dealkylation sites (N-methyl/N-ethyl adjacent to an activating group) is 1. The van der Waals surface area contributed by atoms with E-state index in [1.807, 2.05) is 51.4 Å². The number of benzene rings is 3. The van der Waals surface area contributed by atoms with Gasteiger partial charge in [0.15, 0.2) is 0 Å². The summed E-state index contributed by atoms with van der Waals surface area (Å²) in [6, 6.07) is 21.9. The van der Waals surface area contributed by atoms with Crippen LogP contribution in [0.2, 0.25) is 0 Å². The molecule has 0 aliphatic heterocycles. The van der Waals surface area contributed by atoms with Crippen LogP contribution in [0.25, 0.3) is 0 Å². The molecule has 174 valence electrons. The van der Waals surface area contributed by atoms with Gasteiger partial charge in [-0.1, -0.05) is 54.1 Å². The summed E-state index contributed by atoms with van der Waals surface area (Å²) in [5.74, 6) is -0.292. The number of hydrogen-bond acceptors (Lipinski definition) is 4. The molecule has 0 saturated carbocycles. The summed E-state index contributed by atoms with van der Waals surface area (Å²) in [5.41, 5.74) is 3.76. The maximum absolute atomic E-state index is 13.0. The topological polar surface area (TPSA) is 78.5 Å². The predicted molar refractivity (Wildman–Crippen MR) is 133 cm³/mol. The molecule has 0 saturated heterocycles. The van der Waals surface area contributed by atoms with Crippen LogP contribution in [0.4, 0.5) is 5.69 Å². The zero-order valence-electron chi connectivity index (χ0n) is 19.5. The fourth-order valence-corrected chi connectivity index (χ4v) is 4.56. The van der Waals surface area contributed by atoms with Crippen LogP contribution in [0.3, 0.4) is 0 Å². The number of aryl methyl sites for hydroxylation is 2. The summed E-state index contributed by atoms with van der Waals surface area (Å²) < 4.78 is 28.3. The highest BCUT2D eigenvalue weighted by Gasteiger charge is 2.20. The molecule has 7 heteroatoms. The van der Waals surface area contributed by atoms with Crippen molar-refractivity contribution in [3.8, 4) is 0 Å². The van der Waals surface area contributed by atoms with E-state index in [1.165, 1.54) is 17.7 Å². The Morgan fingerprint density at radius 2 is 1.61 bits per heavy atom. The van der Waals surface area contributed by atoms with E-state index in [2.05, 4.69) is 27.1 Å². The number of nitrogens with zero attached hydrogens (tertiary/aromatic N) is 1. The van der Waals surface area contributed by atoms with Crippen molar-refractivity contribution in [2.75, 3.05) is 25.4 Å². The van der Waals surface area contributed by atoms with Crippen LogP contribution in [-0.4, -0.2) is 45.9 Å². The molecule has 6 nitrogen and oxygen atoms in total. The Hall–Kier alpha value is -3.16. The smallest absolute Gasteiger partial charge is 0.261 e. The van der Waals surface area contributed by atoms with Crippen molar-refractivity contribution in [1.29, 1.82) is 0 Å². The van der Waals surface area contributed by atoms with Gasteiger partial charge in [-0.15, -0.1) is 0 Å². The first kappa shape index (κ1) is 24.5. The van der Waals surface area contributed by atoms with Crippen molar-refractivity contribution in [3.63, 3.8) is 0 Å². The number of sulfonamides is 1. The number of carbonyl (C=O) groups is 1. The molecule has 0 radical (unpaired) electrons. The third-order valence-corrected chi connectivity index (χ3v) is 6.99. The quantitative estimate of drug-likeness (QED) is 0.501. The van der Waals surface area contributed by atoms with E-state index in [0.717, 1.165) is 12.0 Å². The van der Waals surface area contributed by atoms with Crippen molar-refractivity contribution in [1.82, 2.24) is 10.2 Å². The minimum Gasteiger partial charge on any atom is -0.350 e. The lowest BCUT2D eigenvalue weighted by molar-refractivity contribution is 0.0941. The molecule has 2 N–H and O–H groups in total. The first-order valence-corrected chi connectivity index (χ1v) is 12.3. The molecular weight excluding hydrogens is 434 g/mol. The van der Waals surface area contributed by atoms with Gasteiger partial charge in [0.05, 0.1) is 4.90 Å². The van der Waals surface area contributed by atoms with Gasteiger partial charge in [-0.25, -0.2) is 8.42 Å². The molecule has 1 unspecified atom stereocenters. The summed E-state index contributed by atoms with van der Waals surface area (Å²) in [7, 11) is 0.140. The number of hydrogen-bond donors (Lipinski definition) is 2. The van der Waals surface area contributed by atoms with Crippen LogP contribution < -0.4 is 10.0 Å². The molecular formula is C26H31N3O3S. The lowest BCUT2D eigenvalue weighted by atomic mass is 10.0. The highest BCUT2D eigenvalue weighted by Crippen LogP contribution is 2.20. The Labute approximate surface area is 196 Å². The lowest BCUT2D eigenvalue weighted by Gasteiger charge is -2.25. The Bertz CT molecular complexity index is 1190. The Morgan fingerprint density at radius 1 is 0.939 bits per heavy atom. The predicted octanol–water partition coefficient (Wildman–Crippen LogP) is 4.01. The monoisotopic (exact) mass is 465 g/mol. The molecule has 0 spiro atoms. The molecule has 1 amide bonds. The molecule has 0 fully saturated rings. The first-order chi connectivity index (χ1) is 15.7. The van der Waals surface area contributed by atoms with Crippen LogP contribution in [0.15, 0.2) is 77.7 Å². The zero-order chi connectivity index (χ0) is 24.0. The largest absolute Gasteiger partial charge is 0.350 e. The fourth-order valence-electron chi connectivity index (χ4n) is 3.48. The third-order valence-electron chi connectivity index (χ3n) is 5.61. The van der Waals surface area contributed by atoms with Crippen molar-refractivity contribution >= 4 is 21.6 Å². The van der Waals surface area contributed by atoms with Gasteiger partial charge >= 0.3 is 0 Å². The second-order valence-corrected chi connectivity index (χ2v) is 10.1. The highest BCUT2D eigenvalue weighted by molar-refractivity contribution is 7.92. The standard InChI is InChI=1S/C26H31N3O3S/c1-19-10-13-22(14-11-19)28-33(31,32)24-15-12-20(2)25(17-24)26(30)27-18-23(29(3)4)16-21-8-6-5-7-9-21/h5-15,17,23,28H,16,18H2,1-4H3,(H,27,30). The Morgan fingerprint density at radius 3 is 2.24 bits per heavy atom. The lowest BCUT2D eigenvalue weighted by Crippen LogP contribution is -2.41. The molecule has 0 bridgehead atoms. The Kier molecular flexibility index (Phi) is 7.89. The molecule has 33 heavy (non-hydrogen) atoms. The summed E-state index contributed by atoms with van der Waals surface area (Å²) in [5, 5.41) is 2.98. The average Bonchev–Trinajstić information content (AvgIpc) is 2.78. The normalized spacial score (nSPS) is 12.4. The van der Waals surface area contributed by atoms with E-state index < -0.39 is 10.0 Å². The third kappa shape index (κ3) is 6.66. The van der Waals surface area contributed by atoms with E-state index in [9.17, 15) is 13.2 Å². The van der Waals surface area contributed by atoms with Crippen LogP contribution >= 0.6 is 0 Å². The maximum Gasteiger partial charge on any atom is 0.261 e. The highest BCUT2D eigenvalue weighted by atomic mass is 32.2. The number of anilines is 1. The van der Waals surface area contributed by atoms with E-state index >= 15 is 0 Å². The van der Waals surface area contributed by atoms with Crippen LogP contribution in [0.5, 0.6) is 0 Å². The van der Waals surface area contributed by atoms with E-state index in [0.29, 0.717) is 23.4 Å². The first-order valence-electron chi connectivity index (χ1n) is 10.8. The minimum absolute atomic E-state index is 0.0484. The van der Waals surface area contributed by atoms with Crippen molar-refractivity contribution in [3.05, 3.63) is 95.1 Å². The number of nitrogens with one attached hydrogen (secondary N) is 2. The van der Waals surface area contributed by atoms with Gasteiger partial charge in [-0.2, -0.15) is 0 Å². The fraction of sp³-hybridized carbons (Fsp3) is 0.269. The molecule has 0 heterocycles. The zero-order valence-corrected chi connectivity index (χ0v) is 20.3. The van der Waals surface area contributed by atoms with Gasteiger partial charge in [0.1, 0.15) is 0 Å². The summed E-state index contributed by atoms with van der Waals surface area (Å²) in [6.07, 6.45) is 0.794. The van der Waals surface area contributed by atoms with Gasteiger partial charge < -0.3 is 10.2 Å². The summed E-state index contributed by atoms with van der Waals surface area (Å²) in [6.45, 7) is 4.18. The molecule has 3 aromatic carbocycles. The van der Waals surface area contributed by atoms with Gasteiger partial charge in [0, 0.05) is 23.8 Å².